The molecule has 1 atom stereocenters. The van der Waals surface area contributed by atoms with Crippen LogP contribution >= 0.6 is 0 Å². The van der Waals surface area contributed by atoms with Gasteiger partial charge >= 0.3 is 12.1 Å². The second-order valence-corrected chi connectivity index (χ2v) is 5.56. The van der Waals surface area contributed by atoms with E-state index in [1.807, 2.05) is 0 Å². The molecule has 0 aromatic heterocycles. The first-order chi connectivity index (χ1) is 8.08. The summed E-state index contributed by atoms with van der Waals surface area (Å²) in [4.78, 5) is 29.0. The average Bonchev–Trinajstić information content (AvgIpc) is 2.50. The lowest BCUT2D eigenvalue weighted by atomic mass is 10.2. The van der Waals surface area contributed by atoms with Gasteiger partial charge in [0, 0.05) is 0 Å². The number of carbonyl (C=O) groups excluding carboxylic acids is 2. The molecule has 0 unspecified atom stereocenters. The lowest BCUT2D eigenvalue weighted by Crippen LogP contribution is -2.52. The zero-order valence-electron chi connectivity index (χ0n) is 11.4. The molecular weight excluding hydrogens is 240 g/mol. The van der Waals surface area contributed by atoms with E-state index < -0.39 is 29.4 Å². The van der Waals surface area contributed by atoms with Gasteiger partial charge in [0.2, 0.25) is 0 Å². The van der Waals surface area contributed by atoms with Gasteiger partial charge in [0.15, 0.2) is 6.04 Å². The fourth-order valence-corrected chi connectivity index (χ4v) is 1.71. The Hall–Kier alpha value is -1.34. The van der Waals surface area contributed by atoms with Crippen molar-refractivity contribution < 1.29 is 23.9 Å². The molecule has 0 spiro atoms. The smallest absolute Gasteiger partial charge is 0.413 e. The highest BCUT2D eigenvalue weighted by Crippen LogP contribution is 2.29. The third-order valence-electron chi connectivity index (χ3n) is 2.46. The molecule has 18 heavy (non-hydrogen) atoms. The Bertz CT molecular complexity index is 348. The van der Waals surface area contributed by atoms with Crippen molar-refractivity contribution in [1.29, 1.82) is 0 Å². The predicted molar refractivity (Wildman–Crippen MR) is 62.2 cm³/mol. The molecule has 1 fully saturated rings. The molecule has 1 heterocycles. The van der Waals surface area contributed by atoms with E-state index in [0.29, 0.717) is 0 Å². The number of ether oxygens (including phenoxy) is 2. The zero-order chi connectivity index (χ0) is 14.1. The molecule has 0 radical (unpaired) electrons. The number of amides is 1. The number of nitrogens with zero attached hydrogens (tertiary/aromatic N) is 1. The SMILES string of the molecule is CC(C)(C)OC(=O)N1[C@H](C(=O)ON)COC1(C)C. The first-order valence-corrected chi connectivity index (χ1v) is 5.65. The van der Waals surface area contributed by atoms with Gasteiger partial charge < -0.3 is 14.3 Å². The zero-order valence-corrected chi connectivity index (χ0v) is 11.4. The largest absolute Gasteiger partial charge is 0.444 e. The molecule has 1 amide bonds. The number of hydrogen-bond donors (Lipinski definition) is 1. The van der Waals surface area contributed by atoms with Crippen molar-refractivity contribution in [3.63, 3.8) is 0 Å². The van der Waals surface area contributed by atoms with Crippen LogP contribution in [-0.2, 0) is 19.1 Å². The summed E-state index contributed by atoms with van der Waals surface area (Å²) >= 11 is 0. The highest BCUT2D eigenvalue weighted by molar-refractivity contribution is 5.82. The van der Waals surface area contributed by atoms with E-state index in [-0.39, 0.29) is 6.61 Å². The van der Waals surface area contributed by atoms with Crippen molar-refractivity contribution in [2.24, 2.45) is 5.90 Å². The van der Waals surface area contributed by atoms with Crippen molar-refractivity contribution >= 4 is 12.1 Å². The van der Waals surface area contributed by atoms with Crippen molar-refractivity contribution in [2.45, 2.75) is 52.0 Å². The van der Waals surface area contributed by atoms with E-state index in [1.165, 1.54) is 4.90 Å². The lowest BCUT2D eigenvalue weighted by molar-refractivity contribution is -0.150. The van der Waals surface area contributed by atoms with Gasteiger partial charge in [0.1, 0.15) is 11.3 Å². The molecule has 104 valence electrons. The molecular formula is C11H20N2O5. The molecule has 0 aromatic carbocycles. The summed E-state index contributed by atoms with van der Waals surface area (Å²) in [6.07, 6.45) is -0.639. The standard InChI is InChI=1S/C11H20N2O5/c1-10(2,3)17-9(15)13-7(8(14)18-12)6-16-11(13,4)5/h7H,6,12H2,1-5H3/t7-/m0/s1. The van der Waals surface area contributed by atoms with Crippen molar-refractivity contribution in [3.05, 3.63) is 0 Å². The van der Waals surface area contributed by atoms with E-state index in [0.717, 1.165) is 0 Å². The normalized spacial score (nSPS) is 22.8. The van der Waals surface area contributed by atoms with Crippen LogP contribution in [0.15, 0.2) is 0 Å². The number of carbonyl (C=O) groups is 2. The third kappa shape index (κ3) is 3.11. The monoisotopic (exact) mass is 260 g/mol. The first kappa shape index (κ1) is 14.7. The minimum Gasteiger partial charge on any atom is -0.444 e. The van der Waals surface area contributed by atoms with Gasteiger partial charge in [0.25, 0.3) is 0 Å². The van der Waals surface area contributed by atoms with Crippen LogP contribution in [0, 0.1) is 0 Å². The summed E-state index contributed by atoms with van der Waals surface area (Å²) in [5, 5.41) is 0. The summed E-state index contributed by atoms with van der Waals surface area (Å²) in [7, 11) is 0. The number of hydrogen-bond acceptors (Lipinski definition) is 6. The minimum atomic E-state index is -0.943. The lowest BCUT2D eigenvalue weighted by Gasteiger charge is -2.33. The van der Waals surface area contributed by atoms with Gasteiger partial charge in [-0.25, -0.2) is 9.59 Å². The summed E-state index contributed by atoms with van der Waals surface area (Å²) in [6, 6.07) is -0.889. The maximum absolute atomic E-state index is 12.1. The Balaban J connectivity index is 2.92. The van der Waals surface area contributed by atoms with Crippen LogP contribution in [0.5, 0.6) is 0 Å². The maximum atomic E-state index is 12.1. The molecule has 2 N–H and O–H groups in total. The molecule has 1 rings (SSSR count). The molecule has 0 aromatic rings. The fourth-order valence-electron chi connectivity index (χ4n) is 1.71. The van der Waals surface area contributed by atoms with Crippen LogP contribution in [0.3, 0.4) is 0 Å². The number of rotatable bonds is 1. The molecule has 7 nitrogen and oxygen atoms in total. The average molecular weight is 260 g/mol. The minimum absolute atomic E-state index is 0.0300. The summed E-state index contributed by atoms with van der Waals surface area (Å²) < 4.78 is 10.6. The van der Waals surface area contributed by atoms with Crippen molar-refractivity contribution in [1.82, 2.24) is 4.90 Å². The van der Waals surface area contributed by atoms with Gasteiger partial charge in [-0.05, 0) is 34.6 Å². The topological polar surface area (TPSA) is 91.1 Å². The summed E-state index contributed by atoms with van der Waals surface area (Å²) in [5.41, 5.74) is -1.60. The highest BCUT2D eigenvalue weighted by atomic mass is 16.7. The Morgan fingerprint density at radius 2 is 1.94 bits per heavy atom. The summed E-state index contributed by atoms with van der Waals surface area (Å²) in [5.74, 6) is 4.12. The van der Waals surface area contributed by atoms with E-state index in [4.69, 9.17) is 15.4 Å². The van der Waals surface area contributed by atoms with Gasteiger partial charge in [-0.15, -0.1) is 0 Å². The molecule has 0 saturated carbocycles. The second kappa shape index (κ2) is 4.74. The Morgan fingerprint density at radius 3 is 2.39 bits per heavy atom. The Labute approximate surface area is 106 Å². The van der Waals surface area contributed by atoms with Crippen molar-refractivity contribution in [2.75, 3.05) is 6.61 Å². The molecule has 1 aliphatic heterocycles. The van der Waals surface area contributed by atoms with E-state index in [9.17, 15) is 9.59 Å². The number of nitrogens with two attached hydrogens (primary N) is 1. The van der Waals surface area contributed by atoms with E-state index >= 15 is 0 Å². The Kier molecular flexibility index (Phi) is 3.87. The van der Waals surface area contributed by atoms with Crippen LogP contribution in [0.4, 0.5) is 4.79 Å². The van der Waals surface area contributed by atoms with Crippen molar-refractivity contribution in [3.8, 4) is 0 Å². The molecule has 0 bridgehead atoms. The van der Waals surface area contributed by atoms with Gasteiger partial charge in [-0.2, -0.15) is 5.90 Å². The van der Waals surface area contributed by atoms with Gasteiger partial charge in [-0.3, -0.25) is 4.90 Å². The van der Waals surface area contributed by atoms with Crippen LogP contribution in [-0.4, -0.2) is 40.9 Å². The van der Waals surface area contributed by atoms with Crippen LogP contribution < -0.4 is 5.90 Å². The van der Waals surface area contributed by atoms with Gasteiger partial charge in [-0.1, -0.05) is 0 Å². The molecule has 1 aliphatic rings. The second-order valence-electron chi connectivity index (χ2n) is 5.56. The van der Waals surface area contributed by atoms with E-state index in [2.05, 4.69) is 4.84 Å². The molecule has 0 aliphatic carbocycles. The Morgan fingerprint density at radius 1 is 1.39 bits per heavy atom. The van der Waals surface area contributed by atoms with E-state index in [1.54, 1.807) is 34.6 Å². The maximum Gasteiger partial charge on any atom is 0.413 e. The van der Waals surface area contributed by atoms with Gasteiger partial charge in [0.05, 0.1) is 6.61 Å². The third-order valence-corrected chi connectivity index (χ3v) is 2.46. The molecule has 1 saturated heterocycles. The molecule has 7 heteroatoms. The first-order valence-electron chi connectivity index (χ1n) is 5.65. The van der Waals surface area contributed by atoms with Crippen LogP contribution in [0.1, 0.15) is 34.6 Å². The van der Waals surface area contributed by atoms with Crippen LogP contribution in [0.25, 0.3) is 0 Å². The van der Waals surface area contributed by atoms with Crippen LogP contribution in [0.2, 0.25) is 0 Å². The highest BCUT2D eigenvalue weighted by Gasteiger charge is 2.49. The fraction of sp³-hybridized carbons (Fsp3) is 0.818. The quantitative estimate of drug-likeness (QED) is 0.700. The summed E-state index contributed by atoms with van der Waals surface area (Å²) in [6.45, 7) is 8.59. The predicted octanol–water partition coefficient (Wildman–Crippen LogP) is 0.775.